The molecule has 0 radical (unpaired) electrons. The molecule has 1 heterocycles. The largest absolute Gasteiger partial charge is 0.341 e. The number of aromatic nitrogens is 2. The Hall–Kier alpha value is -1.93. The molecule has 0 fully saturated rings. The lowest BCUT2D eigenvalue weighted by Crippen LogP contribution is -2.39. The molecule has 1 aromatic heterocycles. The predicted octanol–water partition coefficient (Wildman–Crippen LogP) is 2.14. The van der Waals surface area contributed by atoms with Gasteiger partial charge in [-0.25, -0.2) is 4.79 Å². The van der Waals surface area contributed by atoms with Gasteiger partial charge in [-0.1, -0.05) is 53.4 Å². The van der Waals surface area contributed by atoms with Crippen molar-refractivity contribution in [1.29, 1.82) is 0 Å². The highest BCUT2D eigenvalue weighted by molar-refractivity contribution is 8.01. The molecule has 0 bridgehead atoms. The SMILES string of the molecule is CNC(=O)NC(=O)[C@@H](Sc1nnc(C)s1)c1ccccc1. The third kappa shape index (κ3) is 4.27. The first kappa shape index (κ1) is 15.5. The average Bonchev–Trinajstić information content (AvgIpc) is 2.90. The van der Waals surface area contributed by atoms with E-state index < -0.39 is 17.2 Å². The topological polar surface area (TPSA) is 84.0 Å². The number of carbonyl (C=O) groups is 2. The minimum absolute atomic E-state index is 0.390. The zero-order valence-electron chi connectivity index (χ0n) is 11.5. The number of hydrogen-bond donors (Lipinski definition) is 2. The lowest BCUT2D eigenvalue weighted by atomic mass is 10.1. The first-order chi connectivity index (χ1) is 10.1. The summed E-state index contributed by atoms with van der Waals surface area (Å²) in [4.78, 5) is 23.6. The van der Waals surface area contributed by atoms with Crippen molar-refractivity contribution in [2.75, 3.05) is 7.05 Å². The Morgan fingerprint density at radius 3 is 2.52 bits per heavy atom. The second-order valence-electron chi connectivity index (χ2n) is 4.06. The summed E-state index contributed by atoms with van der Waals surface area (Å²) in [5.74, 6) is -0.390. The molecule has 0 spiro atoms. The summed E-state index contributed by atoms with van der Waals surface area (Å²) in [7, 11) is 1.46. The fourth-order valence-corrected chi connectivity index (χ4v) is 3.58. The van der Waals surface area contributed by atoms with E-state index in [2.05, 4.69) is 20.8 Å². The van der Waals surface area contributed by atoms with Crippen LogP contribution in [0.25, 0.3) is 0 Å². The van der Waals surface area contributed by atoms with Crippen molar-refractivity contribution in [3.63, 3.8) is 0 Å². The number of hydrogen-bond acceptors (Lipinski definition) is 6. The van der Waals surface area contributed by atoms with Gasteiger partial charge < -0.3 is 5.32 Å². The summed E-state index contributed by atoms with van der Waals surface area (Å²) in [6.45, 7) is 1.85. The smallest absolute Gasteiger partial charge is 0.321 e. The minimum atomic E-state index is -0.559. The molecule has 2 N–H and O–H groups in total. The number of benzene rings is 1. The third-order valence-corrected chi connectivity index (χ3v) is 4.71. The Bertz CT molecular complexity index is 630. The van der Waals surface area contributed by atoms with Crippen molar-refractivity contribution in [2.45, 2.75) is 16.5 Å². The Balaban J connectivity index is 2.22. The van der Waals surface area contributed by atoms with E-state index in [1.165, 1.54) is 30.1 Å². The standard InChI is InChI=1S/C13H14N4O2S2/c1-8-16-17-13(20-8)21-10(9-6-4-3-5-7-9)11(18)15-12(19)14-2/h3-7,10H,1-2H3,(H2,14,15,18,19)/t10-/m0/s1. The number of amides is 3. The number of aryl methyl sites for hydroxylation is 1. The van der Waals surface area contributed by atoms with Crippen LogP contribution >= 0.6 is 23.1 Å². The second-order valence-corrected chi connectivity index (χ2v) is 6.60. The Morgan fingerprint density at radius 1 is 1.24 bits per heavy atom. The molecule has 0 saturated heterocycles. The van der Waals surface area contributed by atoms with Crippen LogP contribution in [0.4, 0.5) is 4.79 Å². The fraction of sp³-hybridized carbons (Fsp3) is 0.231. The van der Waals surface area contributed by atoms with E-state index in [1.807, 2.05) is 37.3 Å². The first-order valence-electron chi connectivity index (χ1n) is 6.14. The molecule has 1 atom stereocenters. The van der Waals surface area contributed by atoms with Crippen LogP contribution in [0.3, 0.4) is 0 Å². The molecule has 110 valence electrons. The van der Waals surface area contributed by atoms with Gasteiger partial charge in [0.15, 0.2) is 4.34 Å². The van der Waals surface area contributed by atoms with Crippen molar-refractivity contribution in [1.82, 2.24) is 20.8 Å². The van der Waals surface area contributed by atoms with Gasteiger partial charge in [-0.05, 0) is 12.5 Å². The molecule has 0 aliphatic rings. The molecule has 3 amide bonds. The lowest BCUT2D eigenvalue weighted by Gasteiger charge is -2.14. The van der Waals surface area contributed by atoms with E-state index in [1.54, 1.807) is 0 Å². The van der Waals surface area contributed by atoms with Crippen LogP contribution in [-0.4, -0.2) is 29.2 Å². The summed E-state index contributed by atoms with van der Waals surface area (Å²) in [6.07, 6.45) is 0. The van der Waals surface area contributed by atoms with Gasteiger partial charge in [0.1, 0.15) is 10.3 Å². The first-order valence-corrected chi connectivity index (χ1v) is 7.84. The maximum atomic E-state index is 12.3. The molecule has 6 nitrogen and oxygen atoms in total. The van der Waals surface area contributed by atoms with Crippen molar-refractivity contribution >= 4 is 35.0 Å². The van der Waals surface area contributed by atoms with Gasteiger partial charge >= 0.3 is 6.03 Å². The zero-order chi connectivity index (χ0) is 15.2. The summed E-state index contributed by atoms with van der Waals surface area (Å²) < 4.78 is 0.688. The molecule has 0 saturated carbocycles. The molecule has 0 unspecified atom stereocenters. The molecule has 1 aromatic carbocycles. The zero-order valence-corrected chi connectivity index (χ0v) is 13.1. The van der Waals surface area contributed by atoms with Crippen LogP contribution in [0.2, 0.25) is 0 Å². The van der Waals surface area contributed by atoms with Gasteiger partial charge in [-0.2, -0.15) is 0 Å². The molecule has 0 aliphatic heterocycles. The fourth-order valence-electron chi connectivity index (χ4n) is 1.57. The quantitative estimate of drug-likeness (QED) is 0.843. The van der Waals surface area contributed by atoms with Crippen LogP contribution in [0.1, 0.15) is 15.8 Å². The summed E-state index contributed by atoms with van der Waals surface area (Å²) in [5, 5.41) is 12.9. The van der Waals surface area contributed by atoms with Gasteiger partial charge in [0.2, 0.25) is 5.91 Å². The van der Waals surface area contributed by atoms with Gasteiger partial charge in [-0.15, -0.1) is 10.2 Å². The van der Waals surface area contributed by atoms with Gasteiger partial charge in [0, 0.05) is 7.05 Å². The molecule has 2 aromatic rings. The Morgan fingerprint density at radius 2 is 1.95 bits per heavy atom. The van der Waals surface area contributed by atoms with E-state index in [4.69, 9.17) is 0 Å². The van der Waals surface area contributed by atoms with Crippen molar-refractivity contribution < 1.29 is 9.59 Å². The minimum Gasteiger partial charge on any atom is -0.341 e. The summed E-state index contributed by atoms with van der Waals surface area (Å²) in [6, 6.07) is 8.72. The molecule has 0 aliphatic carbocycles. The van der Waals surface area contributed by atoms with Crippen LogP contribution < -0.4 is 10.6 Å². The number of carbonyl (C=O) groups excluding carboxylic acids is 2. The maximum Gasteiger partial charge on any atom is 0.321 e. The highest BCUT2D eigenvalue weighted by atomic mass is 32.2. The van der Waals surface area contributed by atoms with E-state index in [-0.39, 0.29) is 0 Å². The highest BCUT2D eigenvalue weighted by Crippen LogP contribution is 2.36. The monoisotopic (exact) mass is 322 g/mol. The van der Waals surface area contributed by atoms with Crippen molar-refractivity contribution in [2.24, 2.45) is 0 Å². The molecule has 2 rings (SSSR count). The van der Waals surface area contributed by atoms with Gasteiger partial charge in [0.05, 0.1) is 0 Å². The van der Waals surface area contributed by atoms with Crippen molar-refractivity contribution in [3.8, 4) is 0 Å². The van der Waals surface area contributed by atoms with Crippen LogP contribution in [0, 0.1) is 6.92 Å². The lowest BCUT2D eigenvalue weighted by molar-refractivity contribution is -0.119. The van der Waals surface area contributed by atoms with E-state index in [0.29, 0.717) is 4.34 Å². The molecule has 8 heteroatoms. The number of imide groups is 1. The number of urea groups is 1. The second kappa shape index (κ2) is 7.19. The van der Waals surface area contributed by atoms with Gasteiger partial charge in [-0.3, -0.25) is 10.1 Å². The van der Waals surface area contributed by atoms with Gasteiger partial charge in [0.25, 0.3) is 0 Å². The van der Waals surface area contributed by atoms with E-state index in [9.17, 15) is 9.59 Å². The average molecular weight is 322 g/mol. The maximum absolute atomic E-state index is 12.3. The van der Waals surface area contributed by atoms with Crippen LogP contribution in [0.15, 0.2) is 34.7 Å². The van der Waals surface area contributed by atoms with Crippen LogP contribution in [-0.2, 0) is 4.79 Å². The van der Waals surface area contributed by atoms with Crippen molar-refractivity contribution in [3.05, 3.63) is 40.9 Å². The predicted molar refractivity (Wildman–Crippen MR) is 82.3 cm³/mol. The number of rotatable bonds is 4. The number of nitrogens with zero attached hydrogens (tertiary/aromatic N) is 2. The van der Waals surface area contributed by atoms with E-state index in [0.717, 1.165) is 10.6 Å². The number of nitrogens with one attached hydrogen (secondary N) is 2. The third-order valence-electron chi connectivity index (χ3n) is 2.53. The molecular formula is C13H14N4O2S2. The summed E-state index contributed by atoms with van der Waals surface area (Å²) >= 11 is 2.69. The normalized spacial score (nSPS) is 11.7. The Kier molecular flexibility index (Phi) is 5.29. The molecular weight excluding hydrogens is 308 g/mol. The highest BCUT2D eigenvalue weighted by Gasteiger charge is 2.24. The Labute approximate surface area is 130 Å². The molecule has 21 heavy (non-hydrogen) atoms. The van der Waals surface area contributed by atoms with Crippen LogP contribution in [0.5, 0.6) is 0 Å². The van der Waals surface area contributed by atoms with E-state index >= 15 is 0 Å². The number of thioether (sulfide) groups is 1. The summed E-state index contributed by atoms with van der Waals surface area (Å²) in [5.41, 5.74) is 0.803.